The first-order chi connectivity index (χ1) is 16.8. The van der Waals surface area contributed by atoms with E-state index < -0.39 is 12.0 Å². The number of aliphatic hydroxyl groups excluding tert-OH is 1. The maximum atomic E-state index is 13.3. The van der Waals surface area contributed by atoms with E-state index in [1.54, 1.807) is 14.2 Å². The van der Waals surface area contributed by atoms with Gasteiger partial charge in [0, 0.05) is 20.8 Å². The van der Waals surface area contributed by atoms with E-state index in [-0.39, 0.29) is 42.5 Å². The van der Waals surface area contributed by atoms with Gasteiger partial charge in [-0.3, -0.25) is 9.59 Å². The molecule has 0 radical (unpaired) electrons. The third kappa shape index (κ3) is 8.02. The summed E-state index contributed by atoms with van der Waals surface area (Å²) < 4.78 is 11.5. The van der Waals surface area contributed by atoms with Gasteiger partial charge < -0.3 is 24.8 Å². The summed E-state index contributed by atoms with van der Waals surface area (Å²) in [5.41, 5.74) is 1.05. The first-order valence-corrected chi connectivity index (χ1v) is 13.1. The number of benzene rings is 1. The third-order valence-electron chi connectivity index (χ3n) is 7.88. The highest BCUT2D eigenvalue weighted by Crippen LogP contribution is 2.29. The fourth-order valence-corrected chi connectivity index (χ4v) is 5.19. The van der Waals surface area contributed by atoms with Crippen LogP contribution in [0.3, 0.4) is 0 Å². The number of aliphatic hydroxyl groups is 1. The van der Waals surface area contributed by atoms with Gasteiger partial charge in [0.15, 0.2) is 0 Å². The Kier molecular flexibility index (Phi) is 12.2. The molecule has 1 aromatic rings. The number of ether oxygens (including phenoxy) is 2. The van der Waals surface area contributed by atoms with Crippen LogP contribution in [0.25, 0.3) is 0 Å². The van der Waals surface area contributed by atoms with Gasteiger partial charge in [0.1, 0.15) is 0 Å². The Morgan fingerprint density at radius 1 is 1.14 bits per heavy atom. The van der Waals surface area contributed by atoms with Gasteiger partial charge in [-0.25, -0.2) is 0 Å². The van der Waals surface area contributed by atoms with E-state index in [0.29, 0.717) is 25.3 Å². The number of carbonyl (C=O) groups excluding carboxylic acids is 2. The van der Waals surface area contributed by atoms with E-state index in [4.69, 9.17) is 9.47 Å². The van der Waals surface area contributed by atoms with Gasteiger partial charge in [0.25, 0.3) is 0 Å². The largest absolute Gasteiger partial charge is 0.394 e. The van der Waals surface area contributed by atoms with Crippen molar-refractivity contribution in [1.82, 2.24) is 10.2 Å². The van der Waals surface area contributed by atoms with E-state index in [1.807, 2.05) is 42.2 Å². The van der Waals surface area contributed by atoms with Crippen molar-refractivity contribution in [2.45, 2.75) is 84.1 Å². The number of likely N-dealkylation sites (tertiary alicyclic amines) is 1. The number of amides is 2. The van der Waals surface area contributed by atoms with E-state index in [0.717, 1.165) is 24.8 Å². The maximum absolute atomic E-state index is 13.3. The summed E-state index contributed by atoms with van der Waals surface area (Å²) in [4.78, 5) is 28.4. The number of nitrogens with one attached hydrogen (secondary N) is 1. The molecule has 1 aromatic carbocycles. The molecule has 0 aliphatic carbocycles. The lowest BCUT2D eigenvalue weighted by Crippen LogP contribution is -2.52. The van der Waals surface area contributed by atoms with Gasteiger partial charge in [0.2, 0.25) is 11.8 Å². The van der Waals surface area contributed by atoms with E-state index in [1.165, 1.54) is 0 Å². The lowest BCUT2D eigenvalue weighted by molar-refractivity contribution is -0.142. The summed E-state index contributed by atoms with van der Waals surface area (Å²) in [6.07, 6.45) is 3.05. The van der Waals surface area contributed by atoms with Crippen molar-refractivity contribution < 1.29 is 24.2 Å². The highest BCUT2D eigenvalue weighted by molar-refractivity contribution is 5.80. The van der Waals surface area contributed by atoms with Gasteiger partial charge in [-0.15, -0.1) is 0 Å². The summed E-state index contributed by atoms with van der Waals surface area (Å²) in [6.45, 7) is 8.85. The van der Waals surface area contributed by atoms with Crippen LogP contribution in [0.5, 0.6) is 0 Å². The van der Waals surface area contributed by atoms with Crippen LogP contribution in [0.4, 0.5) is 0 Å². The number of methoxy groups -OCH3 is 2. The number of hydrogen-bond donors (Lipinski definition) is 2. The summed E-state index contributed by atoms with van der Waals surface area (Å²) in [6, 6.07) is 9.25. The lowest BCUT2D eigenvalue weighted by atomic mass is 9.87. The molecule has 198 valence electrons. The smallest absolute Gasteiger partial charge is 0.225 e. The predicted octanol–water partition coefficient (Wildman–Crippen LogP) is 3.44. The average Bonchev–Trinajstić information content (AvgIpc) is 3.36. The highest BCUT2D eigenvalue weighted by atomic mass is 16.5. The lowest BCUT2D eigenvalue weighted by Gasteiger charge is -2.35. The zero-order valence-electron chi connectivity index (χ0n) is 22.4. The first-order valence-electron chi connectivity index (χ1n) is 13.1. The van der Waals surface area contributed by atoms with E-state index >= 15 is 0 Å². The Bertz CT molecular complexity index is 774. The molecule has 1 heterocycles. The van der Waals surface area contributed by atoms with Crippen LogP contribution < -0.4 is 5.32 Å². The summed E-state index contributed by atoms with van der Waals surface area (Å²) in [5, 5.41) is 12.8. The van der Waals surface area contributed by atoms with Crippen molar-refractivity contribution in [3.05, 3.63) is 35.9 Å². The Morgan fingerprint density at radius 2 is 1.83 bits per heavy atom. The average molecular weight is 491 g/mol. The van der Waals surface area contributed by atoms with E-state index in [2.05, 4.69) is 26.1 Å². The molecular formula is C28H46N2O5. The van der Waals surface area contributed by atoms with Gasteiger partial charge in [-0.05, 0) is 36.7 Å². The molecule has 2 rings (SSSR count). The molecule has 7 atom stereocenters. The molecule has 0 saturated carbocycles. The summed E-state index contributed by atoms with van der Waals surface area (Å²) in [5.74, 6) is 0.152. The van der Waals surface area contributed by atoms with Crippen LogP contribution >= 0.6 is 0 Å². The van der Waals surface area contributed by atoms with Crippen LogP contribution in [0.2, 0.25) is 0 Å². The zero-order valence-corrected chi connectivity index (χ0v) is 22.4. The van der Waals surface area contributed by atoms with Gasteiger partial charge in [-0.2, -0.15) is 0 Å². The predicted molar refractivity (Wildman–Crippen MR) is 138 cm³/mol. The second-order valence-corrected chi connectivity index (χ2v) is 10.1. The molecule has 0 aromatic heterocycles. The van der Waals surface area contributed by atoms with E-state index in [9.17, 15) is 14.7 Å². The van der Waals surface area contributed by atoms with Crippen LogP contribution in [-0.2, 0) is 25.5 Å². The molecule has 7 heteroatoms. The fraction of sp³-hybridized carbons (Fsp3) is 0.714. The van der Waals surface area contributed by atoms with Crippen molar-refractivity contribution in [3.63, 3.8) is 0 Å². The van der Waals surface area contributed by atoms with Crippen LogP contribution in [0.1, 0.15) is 58.9 Å². The molecule has 7 nitrogen and oxygen atoms in total. The Balaban J connectivity index is 2.04. The van der Waals surface area contributed by atoms with Crippen LogP contribution in [0, 0.1) is 17.8 Å². The molecule has 0 bridgehead atoms. The van der Waals surface area contributed by atoms with Gasteiger partial charge in [-0.1, -0.05) is 64.4 Å². The minimum absolute atomic E-state index is 0.0569. The van der Waals surface area contributed by atoms with Crippen molar-refractivity contribution in [3.8, 4) is 0 Å². The second kappa shape index (κ2) is 14.6. The monoisotopic (exact) mass is 490 g/mol. The Hall–Kier alpha value is -1.96. The van der Waals surface area contributed by atoms with Crippen LogP contribution in [0.15, 0.2) is 30.3 Å². The molecular weight excluding hydrogens is 444 g/mol. The topological polar surface area (TPSA) is 88.1 Å². The standard InChI is InChI=1S/C28H46N2O5/c1-7-19(2)20(3)25(34-5)17-26(32)30-15-11-14-24(30)27(35-6)21(4)28(33)29-23(18-31)16-22-12-9-8-10-13-22/h8-10,12-13,19-21,23-25,27,31H,7,11,14-18H2,1-6H3,(H,29,33)/t19-,20-,21+,23-,24-,25+,27+/m0/s1. The molecule has 35 heavy (non-hydrogen) atoms. The normalized spacial score (nSPS) is 21.1. The highest BCUT2D eigenvalue weighted by Gasteiger charge is 2.40. The molecule has 0 unspecified atom stereocenters. The quantitative estimate of drug-likeness (QED) is 0.417. The maximum Gasteiger partial charge on any atom is 0.225 e. The molecule has 1 fully saturated rings. The number of hydrogen-bond acceptors (Lipinski definition) is 5. The van der Waals surface area contributed by atoms with Crippen LogP contribution in [-0.4, -0.2) is 73.5 Å². The second-order valence-electron chi connectivity index (χ2n) is 10.1. The molecule has 2 N–H and O–H groups in total. The Morgan fingerprint density at radius 3 is 2.40 bits per heavy atom. The first kappa shape index (κ1) is 29.3. The van der Waals surface area contributed by atoms with Gasteiger partial charge in [0.05, 0.1) is 43.2 Å². The fourth-order valence-electron chi connectivity index (χ4n) is 5.19. The molecule has 1 aliphatic heterocycles. The zero-order chi connectivity index (χ0) is 26.0. The molecule has 0 spiro atoms. The minimum Gasteiger partial charge on any atom is -0.394 e. The third-order valence-corrected chi connectivity index (χ3v) is 7.88. The number of rotatable bonds is 14. The van der Waals surface area contributed by atoms with Crippen molar-refractivity contribution in [2.75, 3.05) is 27.4 Å². The molecule has 1 aliphatic rings. The number of carbonyl (C=O) groups is 2. The van der Waals surface area contributed by atoms with Crippen molar-refractivity contribution >= 4 is 11.8 Å². The molecule has 1 saturated heterocycles. The van der Waals surface area contributed by atoms with Crippen molar-refractivity contribution in [1.29, 1.82) is 0 Å². The SMILES string of the molecule is CC[C@H](C)[C@H](C)[C@@H](CC(=O)N1CCC[C@H]1[C@H](OC)[C@@H](C)C(=O)N[C@H](CO)Cc1ccccc1)OC. The summed E-state index contributed by atoms with van der Waals surface area (Å²) in [7, 11) is 3.28. The molecule has 2 amide bonds. The number of nitrogens with zero attached hydrogens (tertiary/aromatic N) is 1. The summed E-state index contributed by atoms with van der Waals surface area (Å²) >= 11 is 0. The van der Waals surface area contributed by atoms with Crippen molar-refractivity contribution in [2.24, 2.45) is 17.8 Å². The Labute approximate surface area is 211 Å². The minimum atomic E-state index is -0.472. The van der Waals surface area contributed by atoms with Gasteiger partial charge >= 0.3 is 0 Å².